The highest BCUT2D eigenvalue weighted by Gasteiger charge is 2.19. The van der Waals surface area contributed by atoms with Gasteiger partial charge in [-0.3, -0.25) is 0 Å². The van der Waals surface area contributed by atoms with Crippen molar-refractivity contribution in [2.45, 2.75) is 11.4 Å². The summed E-state index contributed by atoms with van der Waals surface area (Å²) >= 11 is 0. The van der Waals surface area contributed by atoms with Crippen molar-refractivity contribution in [1.29, 1.82) is 0 Å². The van der Waals surface area contributed by atoms with E-state index in [1.54, 1.807) is 6.07 Å². The Kier molecular flexibility index (Phi) is 5.43. The molecule has 2 heterocycles. The molecule has 0 aliphatic carbocycles. The summed E-state index contributed by atoms with van der Waals surface area (Å²) in [7, 11) is -1.50. The molecule has 0 unspecified atom stereocenters. The minimum absolute atomic E-state index is 0.172. The monoisotopic (exact) mass is 403 g/mol. The molecule has 2 aromatic carbocycles. The molecular weight excluding hydrogens is 378 g/mol. The molecule has 2 aromatic rings. The second-order valence-corrected chi connectivity index (χ2v) is 8.85. The third-order valence-corrected chi connectivity index (χ3v) is 6.49. The molecule has 0 saturated carbocycles. The molecule has 0 bridgehead atoms. The van der Waals surface area contributed by atoms with Crippen LogP contribution in [0.25, 0.3) is 0 Å². The Bertz CT molecular complexity index is 923. The maximum absolute atomic E-state index is 12.6. The lowest BCUT2D eigenvalue weighted by molar-refractivity contribution is 0.171. The zero-order valence-corrected chi connectivity index (χ0v) is 16.7. The first-order valence-corrected chi connectivity index (χ1v) is 10.9. The minimum Gasteiger partial charge on any atom is -0.486 e. The highest BCUT2D eigenvalue weighted by Crippen LogP contribution is 2.32. The lowest BCUT2D eigenvalue weighted by Gasteiger charge is -2.34. The van der Waals surface area contributed by atoms with Gasteiger partial charge < -0.3 is 19.3 Å². The number of likely N-dealkylation sites (N-methyl/N-ethyl adjacent to an activating group) is 1. The van der Waals surface area contributed by atoms with Crippen LogP contribution in [0.2, 0.25) is 0 Å². The number of rotatable bonds is 5. The van der Waals surface area contributed by atoms with Gasteiger partial charge in [0.1, 0.15) is 13.2 Å². The van der Waals surface area contributed by atoms with Crippen molar-refractivity contribution in [2.24, 2.45) is 0 Å². The Morgan fingerprint density at radius 2 is 1.61 bits per heavy atom. The molecule has 2 aliphatic rings. The summed E-state index contributed by atoms with van der Waals surface area (Å²) in [4.78, 5) is 4.84. The van der Waals surface area contributed by atoms with Crippen molar-refractivity contribution in [1.82, 2.24) is 9.62 Å². The molecule has 0 aromatic heterocycles. The number of nitrogens with zero attached hydrogens (tertiary/aromatic N) is 2. The van der Waals surface area contributed by atoms with E-state index in [-0.39, 0.29) is 11.4 Å². The van der Waals surface area contributed by atoms with Gasteiger partial charge in [0.25, 0.3) is 0 Å². The molecule has 4 rings (SSSR count). The highest BCUT2D eigenvalue weighted by molar-refractivity contribution is 7.89. The van der Waals surface area contributed by atoms with E-state index >= 15 is 0 Å². The predicted octanol–water partition coefficient (Wildman–Crippen LogP) is 1.69. The standard InChI is InChI=1S/C20H25N3O4S/c1-22-8-10-23(11-9-22)17-4-2-16(3-5-17)15-21-28(24,25)18-6-7-19-20(14-18)27-13-12-26-19/h2-7,14,21H,8-13,15H2,1H3. The Hall–Kier alpha value is -2.29. The first kappa shape index (κ1) is 19.0. The van der Waals surface area contributed by atoms with Crippen molar-refractivity contribution < 1.29 is 17.9 Å². The lowest BCUT2D eigenvalue weighted by atomic mass is 10.2. The zero-order valence-electron chi connectivity index (χ0n) is 15.9. The van der Waals surface area contributed by atoms with Crippen LogP contribution in [0.1, 0.15) is 5.56 Å². The Labute approximate surface area is 165 Å². The van der Waals surface area contributed by atoms with Gasteiger partial charge in [0, 0.05) is 44.5 Å². The minimum atomic E-state index is -3.63. The molecule has 2 aliphatic heterocycles. The second kappa shape index (κ2) is 7.98. The molecule has 0 amide bonds. The number of ether oxygens (including phenoxy) is 2. The SMILES string of the molecule is CN1CCN(c2ccc(CNS(=O)(=O)c3ccc4c(c3)OCCO4)cc2)CC1. The van der Waals surface area contributed by atoms with Crippen molar-refractivity contribution in [3.63, 3.8) is 0 Å². The predicted molar refractivity (Wildman–Crippen MR) is 108 cm³/mol. The van der Waals surface area contributed by atoms with E-state index in [2.05, 4.69) is 33.7 Å². The van der Waals surface area contributed by atoms with Crippen LogP contribution in [0.3, 0.4) is 0 Å². The van der Waals surface area contributed by atoms with E-state index in [1.165, 1.54) is 17.8 Å². The van der Waals surface area contributed by atoms with Gasteiger partial charge in [-0.15, -0.1) is 0 Å². The first-order valence-electron chi connectivity index (χ1n) is 9.43. The summed E-state index contributed by atoms with van der Waals surface area (Å²) in [5, 5.41) is 0. The molecule has 1 N–H and O–H groups in total. The first-order chi connectivity index (χ1) is 13.5. The Morgan fingerprint density at radius 1 is 0.929 bits per heavy atom. The van der Waals surface area contributed by atoms with Gasteiger partial charge in [0.15, 0.2) is 11.5 Å². The smallest absolute Gasteiger partial charge is 0.241 e. The molecule has 0 atom stereocenters. The Balaban J connectivity index is 1.39. The van der Waals surface area contributed by atoms with Crippen molar-refractivity contribution in [3.05, 3.63) is 48.0 Å². The normalized spacial score (nSPS) is 17.5. The lowest BCUT2D eigenvalue weighted by Crippen LogP contribution is -2.44. The number of fused-ring (bicyclic) bond motifs is 1. The van der Waals surface area contributed by atoms with Crippen LogP contribution >= 0.6 is 0 Å². The summed E-state index contributed by atoms with van der Waals surface area (Å²) in [5.41, 5.74) is 2.09. The number of piperazine rings is 1. The third kappa shape index (κ3) is 4.24. The molecule has 28 heavy (non-hydrogen) atoms. The summed E-state index contributed by atoms with van der Waals surface area (Å²) < 4.78 is 38.8. The van der Waals surface area contributed by atoms with Crippen LogP contribution in [0.15, 0.2) is 47.4 Å². The Morgan fingerprint density at radius 3 is 2.32 bits per heavy atom. The van der Waals surface area contributed by atoms with Crippen LogP contribution in [0, 0.1) is 0 Å². The molecule has 7 nitrogen and oxygen atoms in total. The van der Waals surface area contributed by atoms with Gasteiger partial charge in [-0.05, 0) is 36.9 Å². The number of nitrogens with one attached hydrogen (secondary N) is 1. The number of benzene rings is 2. The fourth-order valence-corrected chi connectivity index (χ4v) is 4.37. The zero-order chi connectivity index (χ0) is 19.6. The van der Waals surface area contributed by atoms with Crippen LogP contribution in [0.5, 0.6) is 11.5 Å². The average molecular weight is 404 g/mol. The molecule has 0 radical (unpaired) electrons. The summed E-state index contributed by atoms with van der Waals surface area (Å²) in [6.45, 7) is 5.25. The molecular formula is C20H25N3O4S. The quantitative estimate of drug-likeness (QED) is 0.819. The maximum Gasteiger partial charge on any atom is 0.241 e. The molecule has 1 saturated heterocycles. The fourth-order valence-electron chi connectivity index (χ4n) is 3.34. The third-order valence-electron chi connectivity index (χ3n) is 5.10. The highest BCUT2D eigenvalue weighted by atomic mass is 32.2. The van der Waals surface area contributed by atoms with Gasteiger partial charge in [0.2, 0.25) is 10.0 Å². The summed E-state index contributed by atoms with van der Waals surface area (Å²) in [5.74, 6) is 1.04. The van der Waals surface area contributed by atoms with Crippen molar-refractivity contribution in [2.75, 3.05) is 51.3 Å². The number of anilines is 1. The van der Waals surface area contributed by atoms with Crippen LogP contribution in [-0.4, -0.2) is 59.8 Å². The van der Waals surface area contributed by atoms with Crippen molar-refractivity contribution in [3.8, 4) is 11.5 Å². The number of hydrogen-bond donors (Lipinski definition) is 1. The topological polar surface area (TPSA) is 71.1 Å². The fraction of sp³-hybridized carbons (Fsp3) is 0.400. The van der Waals surface area contributed by atoms with Crippen LogP contribution < -0.4 is 19.1 Å². The van der Waals surface area contributed by atoms with E-state index in [4.69, 9.17) is 9.47 Å². The van der Waals surface area contributed by atoms with Gasteiger partial charge in [-0.25, -0.2) is 13.1 Å². The average Bonchev–Trinajstić information content (AvgIpc) is 2.73. The van der Waals surface area contributed by atoms with Gasteiger partial charge in [-0.1, -0.05) is 12.1 Å². The number of hydrogen-bond acceptors (Lipinski definition) is 6. The summed E-state index contributed by atoms with van der Waals surface area (Å²) in [6, 6.07) is 12.7. The molecule has 150 valence electrons. The number of sulfonamides is 1. The molecule has 1 fully saturated rings. The molecule has 0 spiro atoms. The van der Waals surface area contributed by atoms with E-state index in [0.717, 1.165) is 31.7 Å². The van der Waals surface area contributed by atoms with E-state index in [9.17, 15) is 8.42 Å². The second-order valence-electron chi connectivity index (χ2n) is 7.09. The van der Waals surface area contributed by atoms with E-state index in [0.29, 0.717) is 24.7 Å². The summed E-state index contributed by atoms with van der Waals surface area (Å²) in [6.07, 6.45) is 0. The molecule has 8 heteroatoms. The van der Waals surface area contributed by atoms with E-state index < -0.39 is 10.0 Å². The van der Waals surface area contributed by atoms with Crippen molar-refractivity contribution >= 4 is 15.7 Å². The van der Waals surface area contributed by atoms with Gasteiger partial charge >= 0.3 is 0 Å². The van der Waals surface area contributed by atoms with Crippen LogP contribution in [0.4, 0.5) is 5.69 Å². The maximum atomic E-state index is 12.6. The van der Waals surface area contributed by atoms with E-state index in [1.807, 2.05) is 12.1 Å². The van der Waals surface area contributed by atoms with Gasteiger partial charge in [-0.2, -0.15) is 0 Å². The van der Waals surface area contributed by atoms with Crippen LogP contribution in [-0.2, 0) is 16.6 Å². The van der Waals surface area contributed by atoms with Gasteiger partial charge in [0.05, 0.1) is 4.90 Å². The largest absolute Gasteiger partial charge is 0.486 e.